The van der Waals surface area contributed by atoms with Crippen LogP contribution in [0.3, 0.4) is 0 Å². The number of nitrogens with one attached hydrogen (secondary N) is 2. The number of nitrogens with zero attached hydrogens (tertiary/aromatic N) is 2. The van der Waals surface area contributed by atoms with Crippen LogP contribution in [-0.2, 0) is 11.3 Å². The van der Waals surface area contributed by atoms with Gasteiger partial charge in [0.1, 0.15) is 5.82 Å². The number of piperidine rings is 1. The van der Waals surface area contributed by atoms with E-state index in [9.17, 15) is 4.79 Å². The van der Waals surface area contributed by atoms with Crippen molar-refractivity contribution in [3.63, 3.8) is 0 Å². The monoisotopic (exact) mass is 360 g/mol. The molecule has 3 rings (SSSR count). The summed E-state index contributed by atoms with van der Waals surface area (Å²) in [6.45, 7) is 3.72. The molecule has 0 bridgehead atoms. The van der Waals surface area contributed by atoms with Gasteiger partial charge in [0.2, 0.25) is 5.91 Å². The highest BCUT2D eigenvalue weighted by Crippen LogP contribution is 2.17. The summed E-state index contributed by atoms with van der Waals surface area (Å²) < 4.78 is 0. The maximum atomic E-state index is 11.9. The number of aromatic nitrogens is 1. The third-order valence-corrected chi connectivity index (χ3v) is 4.33. The van der Waals surface area contributed by atoms with E-state index in [1.54, 1.807) is 0 Å². The highest BCUT2D eigenvalue weighted by atomic mass is 35.5. The molecule has 2 fully saturated rings. The first-order valence-corrected chi connectivity index (χ1v) is 8.04. The van der Waals surface area contributed by atoms with Crippen molar-refractivity contribution in [1.29, 1.82) is 0 Å². The Morgan fingerprint density at radius 3 is 2.61 bits per heavy atom. The fourth-order valence-electron chi connectivity index (χ4n) is 3.05. The average molecular weight is 361 g/mol. The zero-order valence-electron chi connectivity index (χ0n) is 13.3. The number of anilines is 1. The lowest BCUT2D eigenvalue weighted by atomic mass is 10.1. The number of hydrogen-bond donors (Lipinski definition) is 2. The van der Waals surface area contributed by atoms with E-state index in [2.05, 4.69) is 32.7 Å². The first kappa shape index (κ1) is 20.0. The highest BCUT2D eigenvalue weighted by Gasteiger charge is 2.21. The molecule has 1 amide bonds. The lowest BCUT2D eigenvalue weighted by Crippen LogP contribution is -2.40. The number of hydrogen-bond acceptors (Lipinski definition) is 4. The summed E-state index contributed by atoms with van der Waals surface area (Å²) >= 11 is 0. The van der Waals surface area contributed by atoms with Gasteiger partial charge in [-0.25, -0.2) is 4.98 Å². The van der Waals surface area contributed by atoms with Gasteiger partial charge in [0.05, 0.1) is 6.04 Å². The Balaban J connectivity index is 0.00000132. The molecule has 3 heterocycles. The first-order valence-electron chi connectivity index (χ1n) is 8.04. The summed E-state index contributed by atoms with van der Waals surface area (Å²) in [5.41, 5.74) is 1.06. The van der Waals surface area contributed by atoms with Crippen LogP contribution in [0, 0.1) is 0 Å². The van der Waals surface area contributed by atoms with Gasteiger partial charge in [0, 0.05) is 25.8 Å². The molecule has 23 heavy (non-hydrogen) atoms. The second kappa shape index (κ2) is 9.96. The van der Waals surface area contributed by atoms with Crippen molar-refractivity contribution < 1.29 is 4.79 Å². The van der Waals surface area contributed by atoms with E-state index < -0.39 is 0 Å². The van der Waals surface area contributed by atoms with E-state index >= 15 is 0 Å². The standard InChI is InChI=1S/C16H24N4O.2ClH/c21-16(14-5-4-8-17-14)19-12-13-6-7-15(18-11-13)20-9-2-1-3-10-20;;/h6-7,11,14,17H,1-5,8-10,12H2,(H,19,21);2*1H. The van der Waals surface area contributed by atoms with Gasteiger partial charge in [0.25, 0.3) is 0 Å². The van der Waals surface area contributed by atoms with Gasteiger partial charge < -0.3 is 15.5 Å². The van der Waals surface area contributed by atoms with E-state index in [-0.39, 0.29) is 36.8 Å². The predicted octanol–water partition coefficient (Wildman–Crippen LogP) is 2.28. The van der Waals surface area contributed by atoms with Gasteiger partial charge in [-0.15, -0.1) is 24.8 Å². The van der Waals surface area contributed by atoms with Crippen LogP contribution in [0.4, 0.5) is 5.82 Å². The van der Waals surface area contributed by atoms with E-state index in [4.69, 9.17) is 0 Å². The topological polar surface area (TPSA) is 57.3 Å². The average Bonchev–Trinajstić information content (AvgIpc) is 3.08. The normalized spacial score (nSPS) is 20.3. The van der Waals surface area contributed by atoms with Crippen molar-refractivity contribution in [2.75, 3.05) is 24.5 Å². The number of rotatable bonds is 4. The lowest BCUT2D eigenvalue weighted by molar-refractivity contribution is -0.122. The molecule has 0 spiro atoms. The van der Waals surface area contributed by atoms with Crippen LogP contribution in [0.1, 0.15) is 37.7 Å². The van der Waals surface area contributed by atoms with Gasteiger partial charge >= 0.3 is 0 Å². The van der Waals surface area contributed by atoms with E-state index in [1.807, 2.05) is 6.20 Å². The second-order valence-corrected chi connectivity index (χ2v) is 5.94. The summed E-state index contributed by atoms with van der Waals surface area (Å²) in [4.78, 5) is 18.8. The minimum atomic E-state index is -0.00872. The van der Waals surface area contributed by atoms with Crippen molar-refractivity contribution in [3.05, 3.63) is 23.9 Å². The summed E-state index contributed by atoms with van der Waals surface area (Å²) in [7, 11) is 0. The summed E-state index contributed by atoms with van der Waals surface area (Å²) in [5, 5.41) is 6.20. The summed E-state index contributed by atoms with van der Waals surface area (Å²) in [6, 6.07) is 4.13. The van der Waals surface area contributed by atoms with Crippen LogP contribution in [0.25, 0.3) is 0 Å². The van der Waals surface area contributed by atoms with Crippen molar-refractivity contribution in [3.8, 4) is 0 Å². The van der Waals surface area contributed by atoms with Crippen LogP contribution in [-0.4, -0.2) is 36.6 Å². The fraction of sp³-hybridized carbons (Fsp3) is 0.625. The van der Waals surface area contributed by atoms with Gasteiger partial charge in [-0.05, 0) is 50.3 Å². The van der Waals surface area contributed by atoms with Crippen LogP contribution in [0.5, 0.6) is 0 Å². The number of amides is 1. The molecule has 130 valence electrons. The summed E-state index contributed by atoms with van der Waals surface area (Å²) in [6.07, 6.45) is 7.76. The Hall–Kier alpha value is -1.04. The van der Waals surface area contributed by atoms with Gasteiger partial charge in [-0.2, -0.15) is 0 Å². The lowest BCUT2D eigenvalue weighted by Gasteiger charge is -2.27. The van der Waals surface area contributed by atoms with Crippen LogP contribution in [0.2, 0.25) is 0 Å². The highest BCUT2D eigenvalue weighted by molar-refractivity contribution is 5.85. The number of carbonyl (C=O) groups is 1. The summed E-state index contributed by atoms with van der Waals surface area (Å²) in [5.74, 6) is 1.16. The third-order valence-electron chi connectivity index (χ3n) is 4.33. The van der Waals surface area contributed by atoms with Crippen LogP contribution < -0.4 is 15.5 Å². The van der Waals surface area contributed by atoms with Crippen molar-refractivity contribution >= 4 is 36.5 Å². The molecule has 1 atom stereocenters. The van der Waals surface area contributed by atoms with E-state index in [0.29, 0.717) is 6.54 Å². The molecule has 0 saturated carbocycles. The molecule has 2 saturated heterocycles. The number of halogens is 2. The molecule has 0 aliphatic carbocycles. The zero-order chi connectivity index (χ0) is 14.5. The second-order valence-electron chi connectivity index (χ2n) is 5.94. The van der Waals surface area contributed by atoms with Gasteiger partial charge in [-0.3, -0.25) is 4.79 Å². The number of pyridine rings is 1. The molecule has 1 aromatic rings. The predicted molar refractivity (Wildman–Crippen MR) is 97.7 cm³/mol. The molecule has 5 nitrogen and oxygen atoms in total. The molecule has 2 N–H and O–H groups in total. The first-order chi connectivity index (χ1) is 10.3. The minimum absolute atomic E-state index is 0. The molecule has 0 radical (unpaired) electrons. The van der Waals surface area contributed by atoms with Gasteiger partial charge in [-0.1, -0.05) is 6.07 Å². The molecule has 1 aromatic heterocycles. The molecular formula is C16H26Cl2N4O. The fourth-order valence-corrected chi connectivity index (χ4v) is 3.05. The minimum Gasteiger partial charge on any atom is -0.357 e. The maximum absolute atomic E-state index is 11.9. The Kier molecular flexibility index (Phi) is 8.66. The number of carbonyl (C=O) groups excluding carboxylic acids is 1. The van der Waals surface area contributed by atoms with Crippen LogP contribution >= 0.6 is 24.8 Å². The molecule has 0 aromatic carbocycles. The largest absolute Gasteiger partial charge is 0.357 e. The molecule has 1 unspecified atom stereocenters. The molecule has 7 heteroatoms. The third kappa shape index (κ3) is 5.52. The smallest absolute Gasteiger partial charge is 0.237 e. The maximum Gasteiger partial charge on any atom is 0.237 e. The van der Waals surface area contributed by atoms with Crippen molar-refractivity contribution in [2.24, 2.45) is 0 Å². The Bertz CT molecular complexity index is 471. The molecular weight excluding hydrogens is 335 g/mol. The molecule has 2 aliphatic rings. The SMILES string of the molecule is Cl.Cl.O=C(NCc1ccc(N2CCCCC2)nc1)C1CCCN1. The van der Waals surface area contributed by atoms with E-state index in [0.717, 1.165) is 43.9 Å². The quantitative estimate of drug-likeness (QED) is 0.864. The van der Waals surface area contributed by atoms with Crippen molar-refractivity contribution in [2.45, 2.75) is 44.7 Å². The van der Waals surface area contributed by atoms with Gasteiger partial charge in [0.15, 0.2) is 0 Å². The zero-order valence-corrected chi connectivity index (χ0v) is 14.9. The van der Waals surface area contributed by atoms with E-state index in [1.165, 1.54) is 19.3 Å². The Morgan fingerprint density at radius 2 is 2.00 bits per heavy atom. The Labute approximate surface area is 150 Å². The van der Waals surface area contributed by atoms with Crippen LogP contribution in [0.15, 0.2) is 18.3 Å². The molecule has 2 aliphatic heterocycles. The Morgan fingerprint density at radius 1 is 1.22 bits per heavy atom. The van der Waals surface area contributed by atoms with Crippen molar-refractivity contribution in [1.82, 2.24) is 15.6 Å².